The van der Waals surface area contributed by atoms with Gasteiger partial charge in [0.2, 0.25) is 5.91 Å². The Labute approximate surface area is 154 Å². The third-order valence-electron chi connectivity index (χ3n) is 5.85. The summed E-state index contributed by atoms with van der Waals surface area (Å²) in [7, 11) is 0. The Balaban J connectivity index is 1.38. The summed E-state index contributed by atoms with van der Waals surface area (Å²) in [6, 6.07) is 4.07. The van der Waals surface area contributed by atoms with Crippen molar-refractivity contribution in [2.45, 2.75) is 52.1 Å². The van der Waals surface area contributed by atoms with Crippen LogP contribution in [0.1, 0.15) is 54.5 Å². The van der Waals surface area contributed by atoms with Gasteiger partial charge in [-0.3, -0.25) is 9.69 Å². The number of hydrogen-bond acceptors (Lipinski definition) is 5. The topological polar surface area (TPSA) is 62.7 Å². The average molecular weight is 357 g/mol. The number of amides is 1. The molecule has 2 aromatic rings. The summed E-state index contributed by atoms with van der Waals surface area (Å²) in [5, 5.41) is 4.08. The van der Waals surface area contributed by atoms with Crippen molar-refractivity contribution < 1.29 is 13.7 Å². The monoisotopic (exact) mass is 357 g/mol. The van der Waals surface area contributed by atoms with Crippen molar-refractivity contribution in [3.63, 3.8) is 0 Å². The maximum Gasteiger partial charge on any atom is 0.226 e. The number of piperidine rings is 1. The maximum atomic E-state index is 13.2. The lowest BCUT2D eigenvalue weighted by Crippen LogP contribution is -2.42. The van der Waals surface area contributed by atoms with E-state index in [2.05, 4.69) is 15.0 Å². The van der Waals surface area contributed by atoms with Crippen molar-refractivity contribution in [3.05, 3.63) is 41.2 Å². The second kappa shape index (κ2) is 7.27. The van der Waals surface area contributed by atoms with Crippen molar-refractivity contribution in [1.29, 1.82) is 0 Å². The largest absolute Gasteiger partial charge is 0.468 e. The molecule has 4 rings (SSSR count). The van der Waals surface area contributed by atoms with Gasteiger partial charge in [-0.05, 0) is 64.8 Å². The highest BCUT2D eigenvalue weighted by atomic mass is 16.5. The number of hydrogen-bond donors (Lipinski definition) is 0. The first-order chi connectivity index (χ1) is 12.6. The Morgan fingerprint density at radius 1 is 1.23 bits per heavy atom. The second-order valence-electron chi connectivity index (χ2n) is 7.56. The first-order valence-electron chi connectivity index (χ1n) is 9.61. The van der Waals surface area contributed by atoms with Crippen LogP contribution in [0.25, 0.3) is 0 Å². The molecule has 1 atom stereocenters. The van der Waals surface area contributed by atoms with Crippen LogP contribution in [-0.2, 0) is 11.3 Å². The highest BCUT2D eigenvalue weighted by Gasteiger charge is 2.37. The van der Waals surface area contributed by atoms with Gasteiger partial charge < -0.3 is 13.8 Å². The molecule has 0 aromatic carbocycles. The molecule has 0 saturated carbocycles. The normalized spacial score (nSPS) is 22.2. The smallest absolute Gasteiger partial charge is 0.226 e. The molecule has 0 radical (unpaired) electrons. The van der Waals surface area contributed by atoms with Gasteiger partial charge in [-0.1, -0.05) is 5.16 Å². The van der Waals surface area contributed by atoms with Gasteiger partial charge in [0.15, 0.2) is 0 Å². The molecular weight excluding hydrogens is 330 g/mol. The van der Waals surface area contributed by atoms with E-state index in [1.807, 2.05) is 26.0 Å². The molecule has 0 bridgehead atoms. The van der Waals surface area contributed by atoms with Crippen molar-refractivity contribution >= 4 is 5.91 Å². The maximum absolute atomic E-state index is 13.2. The van der Waals surface area contributed by atoms with E-state index in [0.717, 1.165) is 74.6 Å². The molecule has 2 aromatic heterocycles. The molecule has 4 heterocycles. The average Bonchev–Trinajstić information content (AvgIpc) is 3.37. The minimum absolute atomic E-state index is 0.129. The molecule has 26 heavy (non-hydrogen) atoms. The fraction of sp³-hybridized carbons (Fsp3) is 0.600. The number of aromatic nitrogens is 1. The molecule has 6 nitrogen and oxygen atoms in total. The minimum Gasteiger partial charge on any atom is -0.468 e. The van der Waals surface area contributed by atoms with Gasteiger partial charge in [-0.2, -0.15) is 0 Å². The number of rotatable bonds is 4. The fourth-order valence-electron chi connectivity index (χ4n) is 4.49. The van der Waals surface area contributed by atoms with Crippen molar-refractivity contribution in [2.75, 3.05) is 19.6 Å². The van der Waals surface area contributed by atoms with Crippen LogP contribution < -0.4 is 0 Å². The van der Waals surface area contributed by atoms with Crippen LogP contribution in [0.5, 0.6) is 0 Å². The van der Waals surface area contributed by atoms with E-state index in [1.165, 1.54) is 0 Å². The second-order valence-corrected chi connectivity index (χ2v) is 7.56. The van der Waals surface area contributed by atoms with Gasteiger partial charge in [0.1, 0.15) is 11.5 Å². The molecule has 2 saturated heterocycles. The molecular formula is C20H27N3O3. The highest BCUT2D eigenvalue weighted by molar-refractivity contribution is 5.80. The van der Waals surface area contributed by atoms with Gasteiger partial charge in [0.25, 0.3) is 0 Å². The molecule has 0 N–H and O–H groups in total. The Bertz CT molecular complexity index is 725. The van der Waals surface area contributed by atoms with Crippen molar-refractivity contribution in [3.8, 4) is 0 Å². The van der Waals surface area contributed by atoms with E-state index in [0.29, 0.717) is 5.91 Å². The summed E-state index contributed by atoms with van der Waals surface area (Å²) >= 11 is 0. The third-order valence-corrected chi connectivity index (χ3v) is 5.85. The summed E-state index contributed by atoms with van der Waals surface area (Å²) in [5.74, 6) is 2.28. The fourth-order valence-corrected chi connectivity index (χ4v) is 4.49. The number of nitrogens with zero attached hydrogens (tertiary/aromatic N) is 3. The molecule has 0 spiro atoms. The number of carbonyl (C=O) groups is 1. The summed E-state index contributed by atoms with van der Waals surface area (Å²) in [5.41, 5.74) is 2.03. The van der Waals surface area contributed by atoms with Crippen LogP contribution >= 0.6 is 0 Å². The highest BCUT2D eigenvalue weighted by Crippen LogP contribution is 2.37. The van der Waals surface area contributed by atoms with Gasteiger partial charge in [0, 0.05) is 18.0 Å². The molecule has 1 unspecified atom stereocenters. The molecule has 0 aliphatic carbocycles. The van der Waals surface area contributed by atoms with Crippen LogP contribution in [0.3, 0.4) is 0 Å². The van der Waals surface area contributed by atoms with Crippen molar-refractivity contribution in [1.82, 2.24) is 15.0 Å². The standard InChI is InChI=1S/C20H27N3O3/c1-14-19(15(2)26-21-14)18-6-3-9-23(18)20(24)16-7-10-22(11-8-16)13-17-5-4-12-25-17/h4-5,12,16,18H,3,6-11,13H2,1-2H3. The van der Waals surface area contributed by atoms with Gasteiger partial charge in [0.05, 0.1) is 24.5 Å². The first-order valence-corrected chi connectivity index (χ1v) is 9.61. The minimum atomic E-state index is 0.129. The molecule has 2 aliphatic rings. The van der Waals surface area contributed by atoms with E-state index >= 15 is 0 Å². The van der Waals surface area contributed by atoms with Gasteiger partial charge in [-0.15, -0.1) is 0 Å². The van der Waals surface area contributed by atoms with E-state index in [4.69, 9.17) is 8.94 Å². The summed E-state index contributed by atoms with van der Waals surface area (Å²) in [6.07, 6.45) is 5.62. The van der Waals surface area contributed by atoms with E-state index in [-0.39, 0.29) is 12.0 Å². The summed E-state index contributed by atoms with van der Waals surface area (Å²) in [6.45, 7) is 7.49. The van der Waals surface area contributed by atoms with E-state index in [1.54, 1.807) is 6.26 Å². The predicted octanol–water partition coefficient (Wildman–Crippen LogP) is 3.46. The number of aryl methyl sites for hydroxylation is 2. The van der Waals surface area contributed by atoms with Crippen LogP contribution in [0.4, 0.5) is 0 Å². The quantitative estimate of drug-likeness (QED) is 0.838. The van der Waals surface area contributed by atoms with Gasteiger partial charge in [-0.25, -0.2) is 0 Å². The van der Waals surface area contributed by atoms with Crippen LogP contribution in [0.15, 0.2) is 27.3 Å². The lowest BCUT2D eigenvalue weighted by Gasteiger charge is -2.34. The first kappa shape index (κ1) is 17.3. The van der Waals surface area contributed by atoms with E-state index < -0.39 is 0 Å². The summed E-state index contributed by atoms with van der Waals surface area (Å²) < 4.78 is 10.8. The zero-order valence-electron chi connectivity index (χ0n) is 15.6. The molecule has 2 fully saturated rings. The SMILES string of the molecule is Cc1noc(C)c1C1CCCN1C(=O)C1CCN(Cc2ccco2)CC1. The zero-order chi connectivity index (χ0) is 18.1. The van der Waals surface area contributed by atoms with Crippen LogP contribution in [0.2, 0.25) is 0 Å². The van der Waals surface area contributed by atoms with Crippen LogP contribution in [0, 0.1) is 19.8 Å². The van der Waals surface area contributed by atoms with Gasteiger partial charge >= 0.3 is 0 Å². The number of carbonyl (C=O) groups excluding carboxylic acids is 1. The number of furan rings is 1. The Hall–Kier alpha value is -2.08. The van der Waals surface area contributed by atoms with Crippen LogP contribution in [-0.4, -0.2) is 40.5 Å². The Morgan fingerprint density at radius 2 is 2.04 bits per heavy atom. The number of likely N-dealkylation sites (tertiary alicyclic amines) is 2. The summed E-state index contributed by atoms with van der Waals surface area (Å²) in [4.78, 5) is 17.6. The van der Waals surface area contributed by atoms with E-state index in [9.17, 15) is 4.79 Å². The molecule has 140 valence electrons. The zero-order valence-corrected chi connectivity index (χ0v) is 15.6. The molecule has 1 amide bonds. The predicted molar refractivity (Wildman–Crippen MR) is 96.4 cm³/mol. The third kappa shape index (κ3) is 3.30. The van der Waals surface area contributed by atoms with Crippen molar-refractivity contribution in [2.24, 2.45) is 5.92 Å². The Morgan fingerprint density at radius 3 is 2.69 bits per heavy atom. The lowest BCUT2D eigenvalue weighted by molar-refractivity contribution is -0.138. The molecule has 2 aliphatic heterocycles. The molecule has 6 heteroatoms. The lowest BCUT2D eigenvalue weighted by atomic mass is 9.94. The Kier molecular flexibility index (Phi) is 4.85.